The van der Waals surface area contributed by atoms with Crippen molar-refractivity contribution < 1.29 is 8.77 Å². The quantitative estimate of drug-likeness (QED) is 0.714. The van der Waals surface area contributed by atoms with Crippen molar-refractivity contribution in [3.63, 3.8) is 0 Å². The van der Waals surface area contributed by atoms with Crippen LogP contribution in [0.2, 0.25) is 0 Å². The number of hydrogen-bond donors (Lipinski definition) is 0. The van der Waals surface area contributed by atoms with Crippen LogP contribution in [-0.2, 0) is 15.0 Å². The van der Waals surface area contributed by atoms with E-state index < -0.39 is 17.1 Å². The van der Waals surface area contributed by atoms with Gasteiger partial charge in [0.1, 0.15) is 10.4 Å². The molecular formula is C9H19N2O2PS. The Bertz CT molecular complexity index is 278. The molecule has 2 fully saturated rings. The summed E-state index contributed by atoms with van der Waals surface area (Å²) in [7, 11) is -1.24. The largest absolute Gasteiger partial charge is 0.300 e. The predicted molar refractivity (Wildman–Crippen MR) is 63.3 cm³/mol. The van der Waals surface area contributed by atoms with Crippen LogP contribution >= 0.6 is 6.65 Å². The highest BCUT2D eigenvalue weighted by Gasteiger charge is 2.43. The van der Waals surface area contributed by atoms with E-state index in [1.807, 2.05) is 9.34 Å². The maximum Gasteiger partial charge on any atom is 0.300 e. The molecular weight excluding hydrogens is 231 g/mol. The molecule has 1 unspecified atom stereocenters. The van der Waals surface area contributed by atoms with Gasteiger partial charge in [-0.25, -0.2) is 13.5 Å². The first-order chi connectivity index (χ1) is 7.15. The lowest BCUT2D eigenvalue weighted by atomic mass is 10.4. The summed E-state index contributed by atoms with van der Waals surface area (Å²) in [6.07, 6.45) is 5.96. The van der Waals surface area contributed by atoms with Gasteiger partial charge >= 0.3 is 6.65 Å². The Morgan fingerprint density at radius 1 is 0.933 bits per heavy atom. The normalized spacial score (nSPS) is 27.3. The lowest BCUT2D eigenvalue weighted by Crippen LogP contribution is -2.30. The van der Waals surface area contributed by atoms with Gasteiger partial charge in [-0.15, -0.1) is 0 Å². The Morgan fingerprint density at radius 3 is 1.53 bits per heavy atom. The zero-order valence-corrected chi connectivity index (χ0v) is 10.9. The van der Waals surface area contributed by atoms with Gasteiger partial charge in [-0.05, 0) is 25.7 Å². The van der Waals surface area contributed by atoms with Gasteiger partial charge in [0.15, 0.2) is 0 Å². The summed E-state index contributed by atoms with van der Waals surface area (Å²) in [5.41, 5.74) is 0. The third kappa shape index (κ3) is 2.07. The van der Waals surface area contributed by atoms with E-state index in [9.17, 15) is 8.77 Å². The summed E-state index contributed by atoms with van der Waals surface area (Å²) in [4.78, 5) is 0. The van der Waals surface area contributed by atoms with Crippen LogP contribution in [0.25, 0.3) is 0 Å². The molecule has 2 heterocycles. The first kappa shape index (κ1) is 11.8. The zero-order chi connectivity index (χ0) is 10.9. The molecule has 0 bridgehead atoms. The van der Waals surface area contributed by atoms with Crippen LogP contribution in [-0.4, -0.2) is 46.0 Å². The summed E-state index contributed by atoms with van der Waals surface area (Å²) in [5, 5.41) is 0. The molecule has 1 atom stereocenters. The third-order valence-electron chi connectivity index (χ3n) is 3.21. The van der Waals surface area contributed by atoms with E-state index in [0.29, 0.717) is 0 Å². The Kier molecular flexibility index (Phi) is 3.66. The first-order valence-electron chi connectivity index (χ1n) is 5.60. The number of hydrogen-bond acceptors (Lipinski definition) is 2. The van der Waals surface area contributed by atoms with E-state index in [0.717, 1.165) is 51.9 Å². The summed E-state index contributed by atoms with van der Waals surface area (Å²) in [6, 6.07) is 0. The molecule has 0 aromatic heterocycles. The second-order valence-corrected chi connectivity index (χ2v) is 10.2. The van der Waals surface area contributed by atoms with E-state index in [1.54, 1.807) is 6.26 Å². The second kappa shape index (κ2) is 4.66. The molecule has 2 rings (SSSR count). The highest BCUT2D eigenvalue weighted by Crippen LogP contribution is 2.58. The minimum Gasteiger partial charge on any atom is -0.274 e. The van der Waals surface area contributed by atoms with Crippen LogP contribution in [0.3, 0.4) is 0 Å². The van der Waals surface area contributed by atoms with Gasteiger partial charge in [-0.3, -0.25) is 4.57 Å². The summed E-state index contributed by atoms with van der Waals surface area (Å²) in [6.45, 7) is 0.670. The van der Waals surface area contributed by atoms with Gasteiger partial charge in [0, 0.05) is 32.4 Å². The van der Waals surface area contributed by atoms with E-state index >= 15 is 0 Å². The minimum absolute atomic E-state index is 0.855. The van der Waals surface area contributed by atoms with Gasteiger partial charge in [0.05, 0.1) is 0 Å². The summed E-state index contributed by atoms with van der Waals surface area (Å²) < 4.78 is 28.6. The van der Waals surface area contributed by atoms with Crippen LogP contribution in [0, 0.1) is 0 Å². The van der Waals surface area contributed by atoms with E-state index in [1.165, 1.54) is 0 Å². The van der Waals surface area contributed by atoms with Crippen molar-refractivity contribution in [2.24, 2.45) is 0 Å². The van der Waals surface area contributed by atoms with E-state index in [2.05, 4.69) is 0 Å². The number of rotatable bonds is 3. The van der Waals surface area contributed by atoms with Gasteiger partial charge in [0.25, 0.3) is 0 Å². The fourth-order valence-electron chi connectivity index (χ4n) is 2.41. The molecule has 0 saturated carbocycles. The number of nitrogens with zero attached hydrogens (tertiary/aromatic N) is 2. The van der Waals surface area contributed by atoms with Crippen molar-refractivity contribution >= 4 is 17.1 Å². The molecule has 0 aromatic rings. The molecule has 2 aliphatic rings. The standard InChI is InChI=1S/C9H19N2O2PS/c1-15(13)14(12,10-6-2-3-7-10)11-8-4-5-9-11/h2-9H2,1H3. The molecule has 2 aliphatic heterocycles. The first-order valence-corrected chi connectivity index (χ1v) is 9.38. The van der Waals surface area contributed by atoms with Crippen molar-refractivity contribution in [1.82, 2.24) is 9.34 Å². The average Bonchev–Trinajstić information content (AvgIpc) is 2.89. The molecule has 0 radical (unpaired) electrons. The van der Waals surface area contributed by atoms with Gasteiger partial charge in [-0.2, -0.15) is 0 Å². The van der Waals surface area contributed by atoms with E-state index in [4.69, 9.17) is 0 Å². The molecule has 15 heavy (non-hydrogen) atoms. The molecule has 2 saturated heterocycles. The Balaban J connectivity index is 2.22. The predicted octanol–water partition coefficient (Wildman–Crippen LogP) is 1.66. The lowest BCUT2D eigenvalue weighted by molar-refractivity contribution is 0.409. The fraction of sp³-hybridized carbons (Fsp3) is 1.00. The van der Waals surface area contributed by atoms with Crippen molar-refractivity contribution in [3.05, 3.63) is 0 Å². The Morgan fingerprint density at radius 2 is 1.27 bits per heavy atom. The maximum absolute atomic E-state index is 12.9. The van der Waals surface area contributed by atoms with Crippen LogP contribution < -0.4 is 0 Å². The van der Waals surface area contributed by atoms with Crippen molar-refractivity contribution in [3.8, 4) is 0 Å². The Hall–Kier alpha value is 0.300. The smallest absolute Gasteiger partial charge is 0.274 e. The van der Waals surface area contributed by atoms with Gasteiger partial charge < -0.3 is 0 Å². The van der Waals surface area contributed by atoms with E-state index in [-0.39, 0.29) is 0 Å². The molecule has 0 aliphatic carbocycles. The molecule has 0 amide bonds. The van der Waals surface area contributed by atoms with Crippen molar-refractivity contribution in [2.75, 3.05) is 32.4 Å². The van der Waals surface area contributed by atoms with Crippen molar-refractivity contribution in [1.29, 1.82) is 0 Å². The van der Waals surface area contributed by atoms with Crippen LogP contribution in [0.15, 0.2) is 0 Å². The molecule has 0 spiro atoms. The fourth-order valence-corrected chi connectivity index (χ4v) is 7.93. The van der Waals surface area contributed by atoms with Crippen LogP contribution in [0.5, 0.6) is 0 Å². The SMILES string of the molecule is CS(=O)P(=O)(N1CCCC1)N1CCCC1. The highest BCUT2D eigenvalue weighted by atomic mass is 32.8. The van der Waals surface area contributed by atoms with Gasteiger partial charge in [-0.1, -0.05) is 0 Å². The maximum atomic E-state index is 12.9. The Labute approximate surface area is 93.7 Å². The zero-order valence-electron chi connectivity index (χ0n) is 9.22. The molecule has 0 aromatic carbocycles. The average molecular weight is 250 g/mol. The summed E-state index contributed by atoms with van der Waals surface area (Å²) in [5.74, 6) is 0. The monoisotopic (exact) mass is 250 g/mol. The summed E-state index contributed by atoms with van der Waals surface area (Å²) >= 11 is 0. The molecule has 4 nitrogen and oxygen atoms in total. The second-order valence-electron chi connectivity index (χ2n) is 4.24. The molecule has 6 heteroatoms. The third-order valence-corrected chi connectivity index (χ3v) is 9.51. The molecule has 88 valence electrons. The highest BCUT2D eigenvalue weighted by molar-refractivity contribution is 8.47. The minimum atomic E-state index is -2.75. The van der Waals surface area contributed by atoms with Crippen molar-refractivity contribution in [2.45, 2.75) is 25.7 Å². The molecule has 0 N–H and O–H groups in total. The topological polar surface area (TPSA) is 40.6 Å². The van der Waals surface area contributed by atoms with Gasteiger partial charge in [0.2, 0.25) is 0 Å². The lowest BCUT2D eigenvalue weighted by Gasteiger charge is -2.32. The van der Waals surface area contributed by atoms with Crippen LogP contribution in [0.4, 0.5) is 0 Å². The van der Waals surface area contributed by atoms with Crippen LogP contribution in [0.1, 0.15) is 25.7 Å².